The summed E-state index contributed by atoms with van der Waals surface area (Å²) in [5.74, 6) is -0.202. The minimum atomic E-state index is -0.489. The molecule has 1 N–H and O–H groups in total. The van der Waals surface area contributed by atoms with E-state index in [4.69, 9.17) is 8.94 Å². The second kappa shape index (κ2) is 5.80. The lowest BCUT2D eigenvalue weighted by Crippen LogP contribution is -2.26. The first-order valence-corrected chi connectivity index (χ1v) is 6.56. The lowest BCUT2D eigenvalue weighted by Gasteiger charge is -2.07. The summed E-state index contributed by atoms with van der Waals surface area (Å²) in [5, 5.41) is 6.50. The van der Waals surface area contributed by atoms with Crippen LogP contribution in [-0.2, 0) is 0 Å². The number of benzene rings is 1. The molecule has 7 heteroatoms. The fourth-order valence-electron chi connectivity index (χ4n) is 1.89. The lowest BCUT2D eigenvalue weighted by atomic mass is 10.2. The van der Waals surface area contributed by atoms with Gasteiger partial charge >= 0.3 is 0 Å². The van der Waals surface area contributed by atoms with Crippen molar-refractivity contribution in [1.29, 1.82) is 0 Å². The van der Waals surface area contributed by atoms with Crippen molar-refractivity contribution in [3.05, 3.63) is 60.1 Å². The topological polar surface area (TPSA) is 81.2 Å². The molecule has 0 unspecified atom stereocenters. The lowest BCUT2D eigenvalue weighted by molar-refractivity contribution is 0.0932. The van der Waals surface area contributed by atoms with Crippen molar-refractivity contribution in [2.75, 3.05) is 0 Å². The Bertz CT molecular complexity index is 783. The Morgan fingerprint density at radius 1 is 1.36 bits per heavy atom. The predicted octanol–water partition coefficient (Wildman–Crippen LogP) is 2.96. The Hall–Kier alpha value is -2.96. The Morgan fingerprint density at radius 3 is 2.95 bits per heavy atom. The first-order valence-electron chi connectivity index (χ1n) is 6.56. The molecule has 2 heterocycles. The van der Waals surface area contributed by atoms with Crippen molar-refractivity contribution < 1.29 is 18.1 Å². The summed E-state index contributed by atoms with van der Waals surface area (Å²) in [6.07, 6.45) is 2.75. The van der Waals surface area contributed by atoms with Crippen molar-refractivity contribution >= 4 is 5.91 Å². The van der Waals surface area contributed by atoms with Gasteiger partial charge in [-0.3, -0.25) is 4.79 Å². The standard InChI is InChI=1S/C15H12FN3O3/c1-9(17-14(20)11-5-6-21-8-11)15-18-13(19-22-15)10-3-2-4-12(16)7-10/h2-9H,1H3,(H,17,20)/t9-/m0/s1. The van der Waals surface area contributed by atoms with E-state index in [1.807, 2.05) is 0 Å². The summed E-state index contributed by atoms with van der Waals surface area (Å²) in [7, 11) is 0. The van der Waals surface area contributed by atoms with Gasteiger partial charge < -0.3 is 14.3 Å². The van der Waals surface area contributed by atoms with Gasteiger partial charge in [-0.25, -0.2) is 4.39 Å². The van der Waals surface area contributed by atoms with Crippen molar-refractivity contribution in [3.8, 4) is 11.4 Å². The highest BCUT2D eigenvalue weighted by molar-refractivity contribution is 5.93. The number of furan rings is 1. The third-order valence-corrected chi connectivity index (χ3v) is 3.03. The minimum absolute atomic E-state index is 0.233. The molecule has 2 aromatic heterocycles. The molecule has 0 aliphatic carbocycles. The fourth-order valence-corrected chi connectivity index (χ4v) is 1.89. The predicted molar refractivity (Wildman–Crippen MR) is 74.3 cm³/mol. The smallest absolute Gasteiger partial charge is 0.255 e. The van der Waals surface area contributed by atoms with Gasteiger partial charge in [-0.05, 0) is 25.1 Å². The summed E-state index contributed by atoms with van der Waals surface area (Å²) in [6.45, 7) is 1.71. The van der Waals surface area contributed by atoms with Crippen LogP contribution in [0.2, 0.25) is 0 Å². The number of halogens is 1. The molecule has 6 nitrogen and oxygen atoms in total. The number of hydrogen-bond donors (Lipinski definition) is 1. The van der Waals surface area contributed by atoms with Crippen LogP contribution in [0.1, 0.15) is 29.2 Å². The third-order valence-electron chi connectivity index (χ3n) is 3.03. The second-order valence-electron chi connectivity index (χ2n) is 4.67. The highest BCUT2D eigenvalue weighted by atomic mass is 19.1. The van der Waals surface area contributed by atoms with Crippen LogP contribution < -0.4 is 5.32 Å². The van der Waals surface area contributed by atoms with Crippen LogP contribution in [0.3, 0.4) is 0 Å². The summed E-state index contributed by atoms with van der Waals surface area (Å²) in [6, 6.07) is 6.93. The molecular formula is C15H12FN3O3. The van der Waals surface area contributed by atoms with Crippen LogP contribution in [0, 0.1) is 5.82 Å². The van der Waals surface area contributed by atoms with Gasteiger partial charge in [0, 0.05) is 5.56 Å². The van der Waals surface area contributed by atoms with E-state index in [2.05, 4.69) is 15.5 Å². The Balaban J connectivity index is 1.74. The molecule has 0 saturated heterocycles. The Kier molecular flexibility index (Phi) is 3.69. The number of nitrogens with zero attached hydrogens (tertiary/aromatic N) is 2. The number of nitrogens with one attached hydrogen (secondary N) is 1. The molecule has 0 aliphatic rings. The highest BCUT2D eigenvalue weighted by Gasteiger charge is 2.18. The quantitative estimate of drug-likeness (QED) is 0.801. The van der Waals surface area contributed by atoms with E-state index < -0.39 is 6.04 Å². The van der Waals surface area contributed by atoms with Gasteiger partial charge in [0.05, 0.1) is 11.8 Å². The average molecular weight is 301 g/mol. The molecule has 22 heavy (non-hydrogen) atoms. The summed E-state index contributed by atoms with van der Waals surface area (Å²) >= 11 is 0. The maximum atomic E-state index is 13.2. The largest absolute Gasteiger partial charge is 0.472 e. The zero-order valence-corrected chi connectivity index (χ0v) is 11.6. The highest BCUT2D eigenvalue weighted by Crippen LogP contribution is 2.19. The van der Waals surface area contributed by atoms with Gasteiger partial charge in [-0.1, -0.05) is 17.3 Å². The molecule has 1 amide bonds. The normalized spacial score (nSPS) is 12.1. The average Bonchev–Trinajstić information content (AvgIpc) is 3.19. The molecule has 3 aromatic rings. The Labute approximate surface area is 124 Å². The molecule has 1 aromatic carbocycles. The van der Waals surface area contributed by atoms with E-state index in [0.29, 0.717) is 11.1 Å². The number of aromatic nitrogens is 2. The zero-order chi connectivity index (χ0) is 15.5. The van der Waals surface area contributed by atoms with Crippen LogP contribution in [-0.4, -0.2) is 16.0 Å². The maximum absolute atomic E-state index is 13.2. The molecule has 112 valence electrons. The SMILES string of the molecule is C[C@H](NC(=O)c1ccoc1)c1nc(-c2cccc(F)c2)no1. The van der Waals surface area contributed by atoms with E-state index in [1.54, 1.807) is 25.1 Å². The van der Waals surface area contributed by atoms with Crippen molar-refractivity contribution in [1.82, 2.24) is 15.5 Å². The molecule has 0 bridgehead atoms. The summed E-state index contributed by atoms with van der Waals surface area (Å²) in [5.41, 5.74) is 0.903. The number of amides is 1. The van der Waals surface area contributed by atoms with E-state index in [9.17, 15) is 9.18 Å². The van der Waals surface area contributed by atoms with Crippen molar-refractivity contribution in [2.45, 2.75) is 13.0 Å². The fraction of sp³-hybridized carbons (Fsp3) is 0.133. The minimum Gasteiger partial charge on any atom is -0.472 e. The van der Waals surface area contributed by atoms with Gasteiger partial charge in [0.2, 0.25) is 11.7 Å². The van der Waals surface area contributed by atoms with Crippen LogP contribution in [0.4, 0.5) is 4.39 Å². The molecular weight excluding hydrogens is 289 g/mol. The zero-order valence-electron chi connectivity index (χ0n) is 11.6. The molecule has 1 atom stereocenters. The van der Waals surface area contributed by atoms with E-state index in [-0.39, 0.29) is 23.4 Å². The monoisotopic (exact) mass is 301 g/mol. The van der Waals surface area contributed by atoms with E-state index in [1.165, 1.54) is 24.7 Å². The summed E-state index contributed by atoms with van der Waals surface area (Å²) in [4.78, 5) is 16.1. The number of carbonyl (C=O) groups excluding carboxylic acids is 1. The molecule has 0 saturated carbocycles. The third kappa shape index (κ3) is 2.88. The van der Waals surface area contributed by atoms with E-state index in [0.717, 1.165) is 0 Å². The maximum Gasteiger partial charge on any atom is 0.255 e. The first kappa shape index (κ1) is 14.0. The van der Waals surface area contributed by atoms with Crippen LogP contribution >= 0.6 is 0 Å². The molecule has 0 aliphatic heterocycles. The summed E-state index contributed by atoms with van der Waals surface area (Å²) < 4.78 is 23.2. The number of hydrogen-bond acceptors (Lipinski definition) is 5. The van der Waals surface area contributed by atoms with Crippen molar-refractivity contribution in [2.24, 2.45) is 0 Å². The van der Waals surface area contributed by atoms with Crippen LogP contribution in [0.15, 0.2) is 51.8 Å². The van der Waals surface area contributed by atoms with Crippen molar-refractivity contribution in [3.63, 3.8) is 0 Å². The van der Waals surface area contributed by atoms with Gasteiger partial charge in [0.25, 0.3) is 5.91 Å². The van der Waals surface area contributed by atoms with Gasteiger partial charge in [0.1, 0.15) is 18.1 Å². The van der Waals surface area contributed by atoms with E-state index >= 15 is 0 Å². The molecule has 0 spiro atoms. The first-order chi connectivity index (χ1) is 10.6. The van der Waals surface area contributed by atoms with Gasteiger partial charge in [0.15, 0.2) is 0 Å². The van der Waals surface area contributed by atoms with Crippen LogP contribution in [0.5, 0.6) is 0 Å². The van der Waals surface area contributed by atoms with Gasteiger partial charge in [-0.2, -0.15) is 4.98 Å². The Morgan fingerprint density at radius 2 is 2.23 bits per heavy atom. The second-order valence-corrected chi connectivity index (χ2v) is 4.67. The molecule has 0 fully saturated rings. The molecule has 0 radical (unpaired) electrons. The van der Waals surface area contributed by atoms with Crippen LogP contribution in [0.25, 0.3) is 11.4 Å². The number of rotatable bonds is 4. The molecule has 3 rings (SSSR count). The number of carbonyl (C=O) groups is 1. The van der Waals surface area contributed by atoms with Gasteiger partial charge in [-0.15, -0.1) is 0 Å².